The molecule has 0 aromatic carbocycles. The zero-order chi connectivity index (χ0) is 12.2. The molecule has 0 saturated carbocycles. The van der Waals surface area contributed by atoms with Crippen LogP contribution in [-0.4, -0.2) is 24.3 Å². The van der Waals surface area contributed by atoms with Gasteiger partial charge in [0.25, 0.3) is 0 Å². The minimum atomic E-state index is -0.181. The largest absolute Gasteiger partial charge is 0.476 e. The number of nitrogen functional groups attached to an aromatic ring is 1. The van der Waals surface area contributed by atoms with E-state index in [1.807, 2.05) is 26.8 Å². The molecule has 0 aliphatic carbocycles. The van der Waals surface area contributed by atoms with Crippen LogP contribution in [0.4, 0.5) is 5.69 Å². The molecule has 0 aliphatic rings. The Hall–Kier alpha value is -1.29. The first-order valence-electron chi connectivity index (χ1n) is 5.35. The first kappa shape index (κ1) is 12.8. The van der Waals surface area contributed by atoms with E-state index in [1.165, 1.54) is 0 Å². The number of nitrogens with two attached hydrogens (primary N) is 1. The number of methoxy groups -OCH3 is 1. The maximum Gasteiger partial charge on any atom is 0.237 e. The lowest BCUT2D eigenvalue weighted by Gasteiger charge is -2.22. The van der Waals surface area contributed by atoms with E-state index in [0.29, 0.717) is 18.2 Å². The van der Waals surface area contributed by atoms with Gasteiger partial charge in [0.15, 0.2) is 0 Å². The number of hydrogen-bond acceptors (Lipinski definition) is 4. The van der Waals surface area contributed by atoms with E-state index >= 15 is 0 Å². The molecule has 0 spiro atoms. The summed E-state index contributed by atoms with van der Waals surface area (Å²) in [5, 5.41) is 0. The standard InChI is InChI=1S/C12H20N2O2/c1-9-7-10(13)11(14-8-9)16-6-5-12(2,3)15-4/h7-8H,5-6,13H2,1-4H3. The third kappa shape index (κ3) is 3.70. The van der Waals surface area contributed by atoms with Crippen LogP contribution in [0.5, 0.6) is 5.88 Å². The van der Waals surface area contributed by atoms with Crippen molar-refractivity contribution >= 4 is 5.69 Å². The number of ether oxygens (including phenoxy) is 2. The molecule has 1 aromatic heterocycles. The summed E-state index contributed by atoms with van der Waals surface area (Å²) in [5.41, 5.74) is 7.21. The molecule has 1 heterocycles. The molecule has 0 radical (unpaired) electrons. The van der Waals surface area contributed by atoms with Crippen molar-refractivity contribution in [3.63, 3.8) is 0 Å². The van der Waals surface area contributed by atoms with Crippen molar-refractivity contribution in [2.24, 2.45) is 0 Å². The summed E-state index contributed by atoms with van der Waals surface area (Å²) in [6, 6.07) is 1.85. The lowest BCUT2D eigenvalue weighted by atomic mass is 10.1. The van der Waals surface area contributed by atoms with Gasteiger partial charge < -0.3 is 15.2 Å². The molecule has 4 heteroatoms. The van der Waals surface area contributed by atoms with Crippen LogP contribution in [0.25, 0.3) is 0 Å². The van der Waals surface area contributed by atoms with Crippen LogP contribution in [0.3, 0.4) is 0 Å². The Morgan fingerprint density at radius 3 is 2.69 bits per heavy atom. The first-order chi connectivity index (χ1) is 7.44. The van der Waals surface area contributed by atoms with E-state index in [2.05, 4.69) is 4.98 Å². The molecule has 16 heavy (non-hydrogen) atoms. The molecule has 0 amide bonds. The molecule has 0 bridgehead atoms. The van der Waals surface area contributed by atoms with E-state index in [9.17, 15) is 0 Å². The van der Waals surface area contributed by atoms with Gasteiger partial charge in [0.1, 0.15) is 0 Å². The highest BCUT2D eigenvalue weighted by atomic mass is 16.5. The molecule has 90 valence electrons. The van der Waals surface area contributed by atoms with Crippen molar-refractivity contribution in [2.75, 3.05) is 19.5 Å². The second-order valence-corrected chi connectivity index (χ2v) is 4.47. The van der Waals surface area contributed by atoms with Crippen molar-refractivity contribution < 1.29 is 9.47 Å². The van der Waals surface area contributed by atoms with E-state index < -0.39 is 0 Å². The van der Waals surface area contributed by atoms with Gasteiger partial charge in [-0.25, -0.2) is 4.98 Å². The van der Waals surface area contributed by atoms with Gasteiger partial charge in [-0.1, -0.05) is 0 Å². The van der Waals surface area contributed by atoms with Crippen molar-refractivity contribution in [3.8, 4) is 5.88 Å². The number of nitrogens with zero attached hydrogens (tertiary/aromatic N) is 1. The number of aromatic nitrogens is 1. The van der Waals surface area contributed by atoms with E-state index in [4.69, 9.17) is 15.2 Å². The molecular formula is C12H20N2O2. The van der Waals surface area contributed by atoms with Crippen LogP contribution in [0, 0.1) is 6.92 Å². The Kier molecular flexibility index (Phi) is 4.12. The van der Waals surface area contributed by atoms with Gasteiger partial charge in [0, 0.05) is 19.7 Å². The molecule has 0 unspecified atom stereocenters. The topological polar surface area (TPSA) is 57.4 Å². The predicted molar refractivity (Wildman–Crippen MR) is 64.6 cm³/mol. The number of aryl methyl sites for hydroxylation is 1. The Labute approximate surface area is 96.8 Å². The van der Waals surface area contributed by atoms with E-state index in [-0.39, 0.29) is 5.60 Å². The lowest BCUT2D eigenvalue weighted by Crippen LogP contribution is -2.25. The Balaban J connectivity index is 2.49. The molecule has 2 N–H and O–H groups in total. The van der Waals surface area contributed by atoms with Gasteiger partial charge in [-0.3, -0.25) is 0 Å². The fourth-order valence-corrected chi connectivity index (χ4v) is 1.20. The maximum atomic E-state index is 5.78. The molecule has 0 aliphatic heterocycles. The fraction of sp³-hybridized carbons (Fsp3) is 0.583. The van der Waals surface area contributed by atoms with Gasteiger partial charge >= 0.3 is 0 Å². The zero-order valence-corrected chi connectivity index (χ0v) is 10.4. The number of hydrogen-bond donors (Lipinski definition) is 1. The Bertz CT molecular complexity index is 351. The highest BCUT2D eigenvalue weighted by molar-refractivity contribution is 5.49. The average molecular weight is 224 g/mol. The number of rotatable bonds is 5. The summed E-state index contributed by atoms with van der Waals surface area (Å²) in [6.07, 6.45) is 2.53. The quantitative estimate of drug-likeness (QED) is 0.832. The SMILES string of the molecule is COC(C)(C)CCOc1ncc(C)cc1N. The molecule has 0 fully saturated rings. The number of pyridine rings is 1. The Morgan fingerprint density at radius 2 is 2.12 bits per heavy atom. The average Bonchev–Trinajstić information content (AvgIpc) is 2.21. The van der Waals surface area contributed by atoms with Crippen molar-refractivity contribution in [2.45, 2.75) is 32.8 Å². The Morgan fingerprint density at radius 1 is 1.44 bits per heavy atom. The van der Waals surface area contributed by atoms with E-state index in [0.717, 1.165) is 12.0 Å². The highest BCUT2D eigenvalue weighted by Gasteiger charge is 2.16. The van der Waals surface area contributed by atoms with Gasteiger partial charge in [-0.05, 0) is 32.4 Å². The summed E-state index contributed by atoms with van der Waals surface area (Å²) in [6.45, 7) is 6.52. The van der Waals surface area contributed by atoms with Gasteiger partial charge in [-0.2, -0.15) is 0 Å². The summed E-state index contributed by atoms with van der Waals surface area (Å²) in [5.74, 6) is 0.498. The minimum Gasteiger partial charge on any atom is -0.476 e. The van der Waals surface area contributed by atoms with E-state index in [1.54, 1.807) is 13.3 Å². The molecule has 1 aromatic rings. The number of anilines is 1. The van der Waals surface area contributed by atoms with Crippen molar-refractivity contribution in [1.82, 2.24) is 4.98 Å². The minimum absolute atomic E-state index is 0.181. The van der Waals surface area contributed by atoms with Gasteiger partial charge in [-0.15, -0.1) is 0 Å². The normalized spacial score (nSPS) is 11.5. The smallest absolute Gasteiger partial charge is 0.237 e. The van der Waals surface area contributed by atoms with Crippen LogP contribution < -0.4 is 10.5 Å². The van der Waals surface area contributed by atoms with Crippen LogP contribution in [0.15, 0.2) is 12.3 Å². The predicted octanol–water partition coefficient (Wildman–Crippen LogP) is 2.17. The van der Waals surface area contributed by atoms with Crippen LogP contribution in [0.1, 0.15) is 25.8 Å². The second kappa shape index (κ2) is 5.16. The first-order valence-corrected chi connectivity index (χ1v) is 5.35. The lowest BCUT2D eigenvalue weighted by molar-refractivity contribution is 0.00515. The summed E-state index contributed by atoms with van der Waals surface area (Å²) in [4.78, 5) is 4.14. The summed E-state index contributed by atoms with van der Waals surface area (Å²) >= 11 is 0. The fourth-order valence-electron chi connectivity index (χ4n) is 1.20. The molecule has 0 saturated heterocycles. The van der Waals surface area contributed by atoms with Crippen molar-refractivity contribution in [3.05, 3.63) is 17.8 Å². The maximum absolute atomic E-state index is 5.78. The summed E-state index contributed by atoms with van der Waals surface area (Å²) in [7, 11) is 1.69. The summed E-state index contributed by atoms with van der Waals surface area (Å²) < 4.78 is 10.8. The van der Waals surface area contributed by atoms with Crippen molar-refractivity contribution in [1.29, 1.82) is 0 Å². The van der Waals surface area contributed by atoms with Gasteiger partial charge in [0.05, 0.1) is 17.9 Å². The third-order valence-electron chi connectivity index (χ3n) is 2.51. The van der Waals surface area contributed by atoms with Gasteiger partial charge in [0.2, 0.25) is 5.88 Å². The van der Waals surface area contributed by atoms with Crippen LogP contribution in [-0.2, 0) is 4.74 Å². The molecule has 0 atom stereocenters. The van der Waals surface area contributed by atoms with Crippen LogP contribution in [0.2, 0.25) is 0 Å². The molecule has 4 nitrogen and oxygen atoms in total. The molecule has 1 rings (SSSR count). The highest BCUT2D eigenvalue weighted by Crippen LogP contribution is 2.20. The van der Waals surface area contributed by atoms with Crippen LogP contribution >= 0.6 is 0 Å². The monoisotopic (exact) mass is 224 g/mol. The third-order valence-corrected chi connectivity index (χ3v) is 2.51. The molecular weight excluding hydrogens is 204 g/mol. The second-order valence-electron chi connectivity index (χ2n) is 4.47. The zero-order valence-electron chi connectivity index (χ0n) is 10.4.